The summed E-state index contributed by atoms with van der Waals surface area (Å²) >= 11 is 0. The summed E-state index contributed by atoms with van der Waals surface area (Å²) in [5.74, 6) is 0.892. The van der Waals surface area contributed by atoms with Crippen LogP contribution < -0.4 is 4.74 Å². The molecule has 1 aliphatic rings. The fourth-order valence-electron chi connectivity index (χ4n) is 2.46. The Balaban J connectivity index is 2.16. The van der Waals surface area contributed by atoms with Gasteiger partial charge < -0.3 is 14.7 Å². The first-order chi connectivity index (χ1) is 8.67. The molecule has 1 fully saturated rings. The van der Waals surface area contributed by atoms with Gasteiger partial charge in [0, 0.05) is 30.7 Å². The number of carbonyl (C=O) groups is 1. The fourth-order valence-corrected chi connectivity index (χ4v) is 2.46. The molecule has 1 aromatic rings. The van der Waals surface area contributed by atoms with Crippen LogP contribution in [-0.2, 0) is 0 Å². The van der Waals surface area contributed by atoms with Gasteiger partial charge in [-0.15, -0.1) is 0 Å². The lowest BCUT2D eigenvalue weighted by molar-refractivity contribution is 0.0716. The normalized spacial score (nSPS) is 23.2. The lowest BCUT2D eigenvalue weighted by Crippen LogP contribution is -2.36. The highest BCUT2D eigenvalue weighted by molar-refractivity contribution is 5.95. The van der Waals surface area contributed by atoms with Crippen molar-refractivity contribution in [2.45, 2.75) is 19.4 Å². The Labute approximate surface area is 107 Å². The summed E-state index contributed by atoms with van der Waals surface area (Å²) in [5, 5.41) is 9.23. The van der Waals surface area contributed by atoms with Crippen molar-refractivity contribution in [3.63, 3.8) is 0 Å². The van der Waals surface area contributed by atoms with E-state index in [4.69, 9.17) is 4.74 Å². The van der Waals surface area contributed by atoms with Gasteiger partial charge in [0.05, 0.1) is 7.11 Å². The van der Waals surface area contributed by atoms with Gasteiger partial charge in [-0.25, -0.2) is 0 Å². The van der Waals surface area contributed by atoms with Crippen LogP contribution in [0.4, 0.5) is 0 Å². The molecule has 1 saturated heterocycles. The monoisotopic (exact) mass is 249 g/mol. The molecule has 98 valence electrons. The number of aliphatic hydroxyl groups excluding tert-OH is 1. The van der Waals surface area contributed by atoms with Crippen molar-refractivity contribution in [2.75, 3.05) is 20.3 Å². The maximum atomic E-state index is 12.4. The van der Waals surface area contributed by atoms with Gasteiger partial charge >= 0.3 is 0 Å². The fraction of sp³-hybridized carbons (Fsp3) is 0.500. The molecule has 0 saturated carbocycles. The first-order valence-electron chi connectivity index (χ1n) is 6.23. The largest absolute Gasteiger partial charge is 0.497 e. The molecule has 1 amide bonds. The van der Waals surface area contributed by atoms with Gasteiger partial charge in [-0.2, -0.15) is 0 Å². The smallest absolute Gasteiger partial charge is 0.254 e. The Morgan fingerprint density at radius 1 is 1.56 bits per heavy atom. The van der Waals surface area contributed by atoms with E-state index in [1.807, 2.05) is 24.0 Å². The highest BCUT2D eigenvalue weighted by Crippen LogP contribution is 2.26. The van der Waals surface area contributed by atoms with Crippen LogP contribution in [0.15, 0.2) is 24.3 Å². The standard InChI is InChI=1S/C14H19NO3/c1-10-12(9-16)6-7-15(10)14(17)11-4-3-5-13(8-11)18-2/h3-5,8,10,12,16H,6-7,9H2,1-2H3. The summed E-state index contributed by atoms with van der Waals surface area (Å²) in [6.45, 7) is 2.84. The molecule has 1 heterocycles. The number of ether oxygens (including phenoxy) is 1. The number of likely N-dealkylation sites (tertiary alicyclic amines) is 1. The number of hydrogen-bond donors (Lipinski definition) is 1. The Bertz CT molecular complexity index is 433. The number of benzene rings is 1. The van der Waals surface area contributed by atoms with Crippen molar-refractivity contribution in [3.05, 3.63) is 29.8 Å². The third kappa shape index (κ3) is 2.34. The van der Waals surface area contributed by atoms with Crippen LogP contribution in [-0.4, -0.2) is 42.2 Å². The van der Waals surface area contributed by atoms with E-state index < -0.39 is 0 Å². The van der Waals surface area contributed by atoms with Gasteiger partial charge in [-0.05, 0) is 31.5 Å². The highest BCUT2D eigenvalue weighted by Gasteiger charge is 2.33. The molecule has 0 aromatic heterocycles. The molecule has 4 nitrogen and oxygen atoms in total. The molecule has 4 heteroatoms. The maximum Gasteiger partial charge on any atom is 0.254 e. The zero-order chi connectivity index (χ0) is 13.1. The molecule has 0 bridgehead atoms. The van der Waals surface area contributed by atoms with E-state index >= 15 is 0 Å². The zero-order valence-corrected chi connectivity index (χ0v) is 10.8. The van der Waals surface area contributed by atoms with Crippen molar-refractivity contribution in [1.29, 1.82) is 0 Å². The SMILES string of the molecule is COc1cccc(C(=O)N2CCC(CO)C2C)c1. The van der Waals surface area contributed by atoms with Gasteiger partial charge in [-0.1, -0.05) is 6.07 Å². The molecule has 1 aliphatic heterocycles. The molecule has 2 unspecified atom stereocenters. The van der Waals surface area contributed by atoms with Crippen LogP contribution in [0.25, 0.3) is 0 Å². The van der Waals surface area contributed by atoms with Gasteiger partial charge in [-0.3, -0.25) is 4.79 Å². The Hall–Kier alpha value is -1.55. The maximum absolute atomic E-state index is 12.4. The van der Waals surface area contributed by atoms with E-state index in [9.17, 15) is 9.90 Å². The van der Waals surface area contributed by atoms with Gasteiger partial charge in [0.2, 0.25) is 0 Å². The predicted octanol–water partition coefficient (Wildman–Crippen LogP) is 1.54. The van der Waals surface area contributed by atoms with Gasteiger partial charge in [0.1, 0.15) is 5.75 Å². The molecule has 1 aromatic carbocycles. The van der Waals surface area contributed by atoms with E-state index in [1.54, 1.807) is 19.2 Å². The molecule has 2 rings (SSSR count). The van der Waals surface area contributed by atoms with Crippen LogP contribution in [0.2, 0.25) is 0 Å². The number of aliphatic hydroxyl groups is 1. The van der Waals surface area contributed by atoms with Crippen molar-refractivity contribution in [3.8, 4) is 5.75 Å². The third-order valence-electron chi connectivity index (χ3n) is 3.73. The quantitative estimate of drug-likeness (QED) is 0.884. The van der Waals surface area contributed by atoms with E-state index in [0.29, 0.717) is 17.9 Å². The summed E-state index contributed by atoms with van der Waals surface area (Å²) in [6, 6.07) is 7.27. The van der Waals surface area contributed by atoms with Gasteiger partial charge in [0.25, 0.3) is 5.91 Å². The lowest BCUT2D eigenvalue weighted by Gasteiger charge is -2.24. The molecular weight excluding hydrogens is 230 g/mol. The van der Waals surface area contributed by atoms with E-state index in [0.717, 1.165) is 6.42 Å². The Morgan fingerprint density at radius 2 is 2.33 bits per heavy atom. The third-order valence-corrected chi connectivity index (χ3v) is 3.73. The van der Waals surface area contributed by atoms with E-state index in [1.165, 1.54) is 0 Å². The van der Waals surface area contributed by atoms with Crippen LogP contribution in [0, 0.1) is 5.92 Å². The minimum Gasteiger partial charge on any atom is -0.497 e. The van der Waals surface area contributed by atoms with E-state index in [-0.39, 0.29) is 24.5 Å². The molecule has 1 N–H and O–H groups in total. The van der Waals surface area contributed by atoms with Crippen LogP contribution >= 0.6 is 0 Å². The Kier molecular flexibility index (Phi) is 3.87. The van der Waals surface area contributed by atoms with Crippen molar-refractivity contribution in [2.24, 2.45) is 5.92 Å². The number of nitrogens with zero attached hydrogens (tertiary/aromatic N) is 1. The number of rotatable bonds is 3. The summed E-state index contributed by atoms with van der Waals surface area (Å²) < 4.78 is 5.13. The van der Waals surface area contributed by atoms with E-state index in [2.05, 4.69) is 0 Å². The first kappa shape index (κ1) is 12.9. The molecule has 0 radical (unpaired) electrons. The van der Waals surface area contributed by atoms with Crippen molar-refractivity contribution >= 4 is 5.91 Å². The van der Waals surface area contributed by atoms with Crippen molar-refractivity contribution < 1.29 is 14.6 Å². The van der Waals surface area contributed by atoms with Gasteiger partial charge in [0.15, 0.2) is 0 Å². The van der Waals surface area contributed by atoms with Crippen molar-refractivity contribution in [1.82, 2.24) is 4.90 Å². The number of amides is 1. The second-order valence-corrected chi connectivity index (χ2v) is 4.70. The number of carbonyl (C=O) groups excluding carboxylic acids is 1. The highest BCUT2D eigenvalue weighted by atomic mass is 16.5. The lowest BCUT2D eigenvalue weighted by atomic mass is 10.0. The predicted molar refractivity (Wildman–Crippen MR) is 68.7 cm³/mol. The second-order valence-electron chi connectivity index (χ2n) is 4.70. The number of hydrogen-bond acceptors (Lipinski definition) is 3. The summed E-state index contributed by atoms with van der Waals surface area (Å²) in [7, 11) is 1.59. The second kappa shape index (κ2) is 5.40. The average molecular weight is 249 g/mol. The summed E-state index contributed by atoms with van der Waals surface area (Å²) in [5.41, 5.74) is 0.639. The van der Waals surface area contributed by atoms with Crippen LogP contribution in [0.5, 0.6) is 5.75 Å². The summed E-state index contributed by atoms with van der Waals surface area (Å²) in [6.07, 6.45) is 0.868. The Morgan fingerprint density at radius 3 is 2.94 bits per heavy atom. The molecule has 18 heavy (non-hydrogen) atoms. The zero-order valence-electron chi connectivity index (χ0n) is 10.8. The molecule has 0 spiro atoms. The minimum atomic E-state index is 0.0114. The topological polar surface area (TPSA) is 49.8 Å². The number of methoxy groups -OCH3 is 1. The molecule has 2 atom stereocenters. The average Bonchev–Trinajstić information content (AvgIpc) is 2.79. The van der Waals surface area contributed by atoms with Crippen LogP contribution in [0.3, 0.4) is 0 Å². The molecular formula is C14H19NO3. The summed E-state index contributed by atoms with van der Waals surface area (Å²) in [4.78, 5) is 14.2. The van der Waals surface area contributed by atoms with Crippen LogP contribution in [0.1, 0.15) is 23.7 Å². The minimum absolute atomic E-state index is 0.0114. The molecule has 0 aliphatic carbocycles. The first-order valence-corrected chi connectivity index (χ1v) is 6.23.